The molecule has 0 amide bonds. The number of rotatable bonds is 2. The molecule has 1 aromatic heterocycles. The van der Waals surface area contributed by atoms with Crippen LogP contribution in [-0.2, 0) is 13.5 Å². The number of hydrogen-bond acceptors (Lipinski definition) is 2. The zero-order valence-corrected chi connectivity index (χ0v) is 10.1. The van der Waals surface area contributed by atoms with Gasteiger partial charge in [0.1, 0.15) is 5.82 Å². The first-order valence-electron chi connectivity index (χ1n) is 5.29. The van der Waals surface area contributed by atoms with Crippen LogP contribution in [0.1, 0.15) is 19.2 Å². The van der Waals surface area contributed by atoms with Gasteiger partial charge in [0, 0.05) is 13.5 Å². The molecule has 0 aliphatic heterocycles. The van der Waals surface area contributed by atoms with E-state index in [1.807, 2.05) is 0 Å². The van der Waals surface area contributed by atoms with Crippen LogP contribution >= 0.6 is 11.6 Å². The smallest absolute Gasteiger partial charge is 0.261 e. The van der Waals surface area contributed by atoms with Crippen LogP contribution in [0.15, 0.2) is 23.0 Å². The zero-order valence-electron chi connectivity index (χ0n) is 9.33. The maximum Gasteiger partial charge on any atom is 0.261 e. The van der Waals surface area contributed by atoms with E-state index in [2.05, 4.69) is 11.9 Å². The molecule has 2 rings (SSSR count). The molecule has 0 spiro atoms. The van der Waals surface area contributed by atoms with E-state index in [1.54, 1.807) is 29.8 Å². The Hall–Kier alpha value is -1.35. The summed E-state index contributed by atoms with van der Waals surface area (Å²) >= 11 is 6.04. The monoisotopic (exact) mass is 236 g/mol. The second kappa shape index (κ2) is 4.26. The highest BCUT2D eigenvalue weighted by Crippen LogP contribution is 2.19. The number of para-hydroxylation sites is 1. The number of fused-ring (bicyclic) bond motifs is 1. The van der Waals surface area contributed by atoms with Crippen LogP contribution < -0.4 is 5.56 Å². The summed E-state index contributed by atoms with van der Waals surface area (Å²) in [7, 11) is 1.75. The average molecular weight is 237 g/mol. The Bertz CT molecular complexity index is 589. The minimum Gasteiger partial charge on any atom is -0.299 e. The zero-order chi connectivity index (χ0) is 11.7. The number of nitrogens with zero attached hydrogens (tertiary/aromatic N) is 2. The molecule has 0 aliphatic rings. The molecule has 0 bridgehead atoms. The minimum absolute atomic E-state index is 0.0315. The van der Waals surface area contributed by atoms with E-state index in [-0.39, 0.29) is 5.56 Å². The highest BCUT2D eigenvalue weighted by molar-refractivity contribution is 6.34. The summed E-state index contributed by atoms with van der Waals surface area (Å²) in [5.74, 6) is 0.785. The molecular weight excluding hydrogens is 224 g/mol. The lowest BCUT2D eigenvalue weighted by molar-refractivity contribution is 0.717. The van der Waals surface area contributed by atoms with Gasteiger partial charge in [0.25, 0.3) is 5.56 Å². The normalized spacial score (nSPS) is 10.9. The van der Waals surface area contributed by atoms with Gasteiger partial charge in [0.15, 0.2) is 0 Å². The van der Waals surface area contributed by atoms with Crippen molar-refractivity contribution in [2.75, 3.05) is 0 Å². The average Bonchev–Trinajstić information content (AvgIpc) is 2.27. The molecule has 0 saturated heterocycles. The van der Waals surface area contributed by atoms with Gasteiger partial charge in [-0.1, -0.05) is 24.6 Å². The number of hydrogen-bond donors (Lipinski definition) is 0. The number of aromatic nitrogens is 2. The Morgan fingerprint density at radius 1 is 1.44 bits per heavy atom. The topological polar surface area (TPSA) is 34.9 Å². The van der Waals surface area contributed by atoms with Gasteiger partial charge in [-0.05, 0) is 18.6 Å². The van der Waals surface area contributed by atoms with E-state index in [9.17, 15) is 4.79 Å². The Morgan fingerprint density at radius 2 is 2.19 bits per heavy atom. The van der Waals surface area contributed by atoms with E-state index >= 15 is 0 Å². The number of benzene rings is 1. The van der Waals surface area contributed by atoms with Gasteiger partial charge in [0.2, 0.25) is 0 Å². The summed E-state index contributed by atoms with van der Waals surface area (Å²) in [6.45, 7) is 2.06. The molecule has 0 N–H and O–H groups in total. The van der Waals surface area contributed by atoms with Crippen molar-refractivity contribution < 1.29 is 0 Å². The first-order chi connectivity index (χ1) is 7.65. The van der Waals surface area contributed by atoms with Crippen LogP contribution in [-0.4, -0.2) is 9.55 Å². The lowest BCUT2D eigenvalue weighted by Gasteiger charge is -2.08. The summed E-state index contributed by atoms with van der Waals surface area (Å²) in [4.78, 5) is 16.5. The fourth-order valence-corrected chi connectivity index (χ4v) is 1.97. The maximum atomic E-state index is 12.0. The molecule has 1 aromatic carbocycles. The quantitative estimate of drug-likeness (QED) is 0.803. The summed E-state index contributed by atoms with van der Waals surface area (Å²) in [5, 5.41) is 1.11. The molecule has 0 fully saturated rings. The van der Waals surface area contributed by atoms with Crippen molar-refractivity contribution >= 4 is 22.5 Å². The SMILES string of the molecule is CCCc1nc2c(Cl)cccc2c(=O)n1C. The van der Waals surface area contributed by atoms with E-state index in [0.29, 0.717) is 15.9 Å². The molecule has 0 atom stereocenters. The van der Waals surface area contributed by atoms with E-state index in [1.165, 1.54) is 0 Å². The molecule has 84 valence electrons. The van der Waals surface area contributed by atoms with Crippen molar-refractivity contribution in [1.29, 1.82) is 0 Å². The molecule has 0 radical (unpaired) electrons. The van der Waals surface area contributed by atoms with E-state index in [4.69, 9.17) is 11.6 Å². The summed E-state index contributed by atoms with van der Waals surface area (Å²) in [5.41, 5.74) is 0.576. The summed E-state index contributed by atoms with van der Waals surface area (Å²) in [6.07, 6.45) is 1.74. The molecule has 4 heteroatoms. The van der Waals surface area contributed by atoms with Gasteiger partial charge in [0.05, 0.1) is 15.9 Å². The van der Waals surface area contributed by atoms with Crippen molar-refractivity contribution in [1.82, 2.24) is 9.55 Å². The highest BCUT2D eigenvalue weighted by Gasteiger charge is 2.09. The molecule has 2 aromatic rings. The van der Waals surface area contributed by atoms with Crippen LogP contribution in [0.5, 0.6) is 0 Å². The van der Waals surface area contributed by atoms with Crippen molar-refractivity contribution in [3.8, 4) is 0 Å². The Kier molecular flexibility index (Phi) is 2.97. The predicted octanol–water partition coefficient (Wildman–Crippen LogP) is 2.54. The Balaban J connectivity index is 2.84. The number of aryl methyl sites for hydroxylation is 1. The molecule has 0 saturated carbocycles. The fourth-order valence-electron chi connectivity index (χ4n) is 1.75. The molecule has 16 heavy (non-hydrogen) atoms. The molecule has 1 heterocycles. The maximum absolute atomic E-state index is 12.0. The first kappa shape index (κ1) is 11.1. The standard InChI is InChI=1S/C12H13ClN2O/c1-3-5-10-14-11-8(12(16)15(10)2)6-4-7-9(11)13/h4,6-7H,3,5H2,1-2H3. The van der Waals surface area contributed by atoms with Crippen LogP contribution in [0.25, 0.3) is 10.9 Å². The van der Waals surface area contributed by atoms with Crippen LogP contribution in [0.3, 0.4) is 0 Å². The molecule has 0 unspecified atom stereocenters. The van der Waals surface area contributed by atoms with Gasteiger partial charge in [-0.2, -0.15) is 0 Å². The molecule has 3 nitrogen and oxygen atoms in total. The van der Waals surface area contributed by atoms with Crippen LogP contribution in [0.4, 0.5) is 0 Å². The van der Waals surface area contributed by atoms with Crippen molar-refractivity contribution in [3.63, 3.8) is 0 Å². The largest absolute Gasteiger partial charge is 0.299 e. The summed E-state index contributed by atoms with van der Waals surface area (Å²) in [6, 6.07) is 5.28. The fraction of sp³-hybridized carbons (Fsp3) is 0.333. The second-order valence-electron chi connectivity index (χ2n) is 3.78. The van der Waals surface area contributed by atoms with Crippen LogP contribution in [0, 0.1) is 0 Å². The lowest BCUT2D eigenvalue weighted by atomic mass is 10.2. The second-order valence-corrected chi connectivity index (χ2v) is 4.19. The third-order valence-electron chi connectivity index (χ3n) is 2.62. The van der Waals surface area contributed by atoms with Gasteiger partial charge >= 0.3 is 0 Å². The number of halogens is 1. The Labute approximate surface area is 98.7 Å². The summed E-state index contributed by atoms with van der Waals surface area (Å²) < 4.78 is 1.60. The predicted molar refractivity (Wildman–Crippen MR) is 66.0 cm³/mol. The first-order valence-corrected chi connectivity index (χ1v) is 5.67. The molecular formula is C12H13ClN2O. The van der Waals surface area contributed by atoms with Crippen molar-refractivity contribution in [2.24, 2.45) is 7.05 Å². The van der Waals surface area contributed by atoms with Gasteiger partial charge < -0.3 is 0 Å². The highest BCUT2D eigenvalue weighted by atomic mass is 35.5. The van der Waals surface area contributed by atoms with E-state index < -0.39 is 0 Å². The van der Waals surface area contributed by atoms with Gasteiger partial charge in [-0.3, -0.25) is 9.36 Å². The van der Waals surface area contributed by atoms with E-state index in [0.717, 1.165) is 18.7 Å². The lowest BCUT2D eigenvalue weighted by Crippen LogP contribution is -2.22. The Morgan fingerprint density at radius 3 is 2.88 bits per heavy atom. The van der Waals surface area contributed by atoms with Gasteiger partial charge in [-0.15, -0.1) is 0 Å². The van der Waals surface area contributed by atoms with Gasteiger partial charge in [-0.25, -0.2) is 4.98 Å². The molecule has 0 aliphatic carbocycles. The van der Waals surface area contributed by atoms with Crippen molar-refractivity contribution in [3.05, 3.63) is 39.4 Å². The van der Waals surface area contributed by atoms with Crippen LogP contribution in [0.2, 0.25) is 5.02 Å². The van der Waals surface area contributed by atoms with Crippen molar-refractivity contribution in [2.45, 2.75) is 19.8 Å². The minimum atomic E-state index is -0.0315. The third kappa shape index (κ3) is 1.71. The third-order valence-corrected chi connectivity index (χ3v) is 2.93.